The summed E-state index contributed by atoms with van der Waals surface area (Å²) in [4.78, 5) is 40.5. The number of carbonyl (C=O) groups is 3. The van der Waals surface area contributed by atoms with E-state index in [4.69, 9.17) is 9.47 Å². The van der Waals surface area contributed by atoms with Crippen LogP contribution in [0.2, 0.25) is 0 Å². The summed E-state index contributed by atoms with van der Waals surface area (Å²) in [5, 5.41) is 5.50. The fourth-order valence-corrected chi connectivity index (χ4v) is 2.71. The van der Waals surface area contributed by atoms with Gasteiger partial charge in [-0.25, -0.2) is 4.79 Å². The lowest BCUT2D eigenvalue weighted by Gasteiger charge is -2.12. The molecule has 0 saturated carbocycles. The van der Waals surface area contributed by atoms with Gasteiger partial charge in [0.25, 0.3) is 11.8 Å². The predicted octanol–water partition coefficient (Wildman–Crippen LogP) is 3.15. The summed E-state index contributed by atoms with van der Waals surface area (Å²) < 4.78 is 15.1. The van der Waals surface area contributed by atoms with Gasteiger partial charge in [0.2, 0.25) is 0 Å². The van der Waals surface area contributed by atoms with Crippen LogP contribution in [0.25, 0.3) is 0 Å². The third-order valence-corrected chi connectivity index (χ3v) is 4.32. The molecule has 2 amide bonds. The van der Waals surface area contributed by atoms with Gasteiger partial charge in [-0.05, 0) is 48.5 Å². The van der Waals surface area contributed by atoms with Crippen LogP contribution in [0.1, 0.15) is 20.7 Å². The SMILES string of the molecule is COC(=O)COc1cc(C(=O)Nc2cccc(C(=O)Nc3ccncc3)c2)ccc1OC. The van der Waals surface area contributed by atoms with Gasteiger partial charge >= 0.3 is 5.97 Å². The maximum atomic E-state index is 12.7. The van der Waals surface area contributed by atoms with E-state index < -0.39 is 11.9 Å². The van der Waals surface area contributed by atoms with Crippen LogP contribution in [0, 0.1) is 0 Å². The van der Waals surface area contributed by atoms with Gasteiger partial charge in [-0.3, -0.25) is 14.6 Å². The Hall–Kier alpha value is -4.40. The van der Waals surface area contributed by atoms with Crippen LogP contribution >= 0.6 is 0 Å². The van der Waals surface area contributed by atoms with Crippen molar-refractivity contribution in [2.75, 3.05) is 31.5 Å². The van der Waals surface area contributed by atoms with Gasteiger partial charge in [0.1, 0.15) is 0 Å². The predicted molar refractivity (Wildman–Crippen MR) is 117 cm³/mol. The molecule has 0 unspecified atom stereocenters. The van der Waals surface area contributed by atoms with Gasteiger partial charge in [0.15, 0.2) is 18.1 Å². The highest BCUT2D eigenvalue weighted by Crippen LogP contribution is 2.28. The third-order valence-electron chi connectivity index (χ3n) is 4.32. The number of nitrogens with one attached hydrogen (secondary N) is 2. The molecule has 0 bridgehead atoms. The van der Waals surface area contributed by atoms with Crippen molar-refractivity contribution < 1.29 is 28.6 Å². The first-order valence-corrected chi connectivity index (χ1v) is 9.50. The minimum absolute atomic E-state index is 0.219. The van der Waals surface area contributed by atoms with Gasteiger partial charge in [0.05, 0.1) is 14.2 Å². The molecule has 1 heterocycles. The van der Waals surface area contributed by atoms with Crippen LogP contribution in [0.3, 0.4) is 0 Å². The zero-order valence-corrected chi connectivity index (χ0v) is 17.5. The largest absolute Gasteiger partial charge is 0.493 e. The van der Waals surface area contributed by atoms with E-state index in [0.29, 0.717) is 22.7 Å². The second kappa shape index (κ2) is 10.6. The Bertz CT molecular complexity index is 1120. The molecular weight excluding hydrogens is 414 g/mol. The number of anilines is 2. The van der Waals surface area contributed by atoms with Gasteiger partial charge in [-0.2, -0.15) is 0 Å². The second-order valence-corrected chi connectivity index (χ2v) is 6.46. The molecule has 0 spiro atoms. The maximum Gasteiger partial charge on any atom is 0.343 e. The van der Waals surface area contributed by atoms with Crippen molar-refractivity contribution in [1.82, 2.24) is 4.98 Å². The number of rotatable bonds is 8. The van der Waals surface area contributed by atoms with Crippen LogP contribution in [-0.2, 0) is 9.53 Å². The van der Waals surface area contributed by atoms with Crippen LogP contribution < -0.4 is 20.1 Å². The van der Waals surface area contributed by atoms with E-state index in [1.54, 1.807) is 60.9 Å². The summed E-state index contributed by atoms with van der Waals surface area (Å²) in [5.74, 6) is -0.738. The normalized spacial score (nSPS) is 10.1. The molecule has 32 heavy (non-hydrogen) atoms. The number of pyridine rings is 1. The van der Waals surface area contributed by atoms with E-state index in [-0.39, 0.29) is 23.8 Å². The van der Waals surface area contributed by atoms with E-state index in [9.17, 15) is 14.4 Å². The van der Waals surface area contributed by atoms with Gasteiger partial charge < -0.3 is 24.8 Å². The Morgan fingerprint density at radius 2 is 1.50 bits per heavy atom. The Morgan fingerprint density at radius 3 is 2.19 bits per heavy atom. The van der Waals surface area contributed by atoms with E-state index in [0.717, 1.165) is 0 Å². The summed E-state index contributed by atoms with van der Waals surface area (Å²) in [5.41, 5.74) is 1.69. The molecule has 3 rings (SSSR count). The van der Waals surface area contributed by atoms with Crippen LogP contribution in [-0.4, -0.2) is 43.6 Å². The molecule has 2 N–H and O–H groups in total. The number of aromatic nitrogens is 1. The lowest BCUT2D eigenvalue weighted by Crippen LogP contribution is -2.16. The molecule has 0 aliphatic carbocycles. The second-order valence-electron chi connectivity index (χ2n) is 6.46. The van der Waals surface area contributed by atoms with Crippen molar-refractivity contribution in [3.8, 4) is 11.5 Å². The average molecular weight is 435 g/mol. The Morgan fingerprint density at radius 1 is 0.812 bits per heavy atom. The zero-order valence-electron chi connectivity index (χ0n) is 17.5. The molecule has 9 heteroatoms. The molecule has 0 fully saturated rings. The van der Waals surface area contributed by atoms with Crippen LogP contribution in [0.5, 0.6) is 11.5 Å². The number of hydrogen-bond acceptors (Lipinski definition) is 7. The van der Waals surface area contributed by atoms with Crippen molar-refractivity contribution in [2.45, 2.75) is 0 Å². The van der Waals surface area contributed by atoms with Crippen molar-refractivity contribution in [1.29, 1.82) is 0 Å². The fraction of sp³-hybridized carbons (Fsp3) is 0.130. The minimum atomic E-state index is -0.566. The Balaban J connectivity index is 1.72. The van der Waals surface area contributed by atoms with Crippen LogP contribution in [0.4, 0.5) is 11.4 Å². The summed E-state index contributed by atoms with van der Waals surface area (Å²) >= 11 is 0. The number of ether oxygens (including phenoxy) is 3. The molecule has 1 aromatic heterocycles. The Kier molecular flexibility index (Phi) is 7.37. The number of esters is 1. The van der Waals surface area contributed by atoms with Gasteiger partial charge in [-0.1, -0.05) is 6.07 Å². The number of amides is 2. The maximum absolute atomic E-state index is 12.7. The lowest BCUT2D eigenvalue weighted by atomic mass is 10.1. The molecular formula is C23H21N3O6. The van der Waals surface area contributed by atoms with E-state index in [1.807, 2.05) is 0 Å². The van der Waals surface area contributed by atoms with Crippen molar-refractivity contribution in [2.24, 2.45) is 0 Å². The highest BCUT2D eigenvalue weighted by Gasteiger charge is 2.14. The van der Waals surface area contributed by atoms with Gasteiger partial charge in [0, 0.05) is 34.9 Å². The van der Waals surface area contributed by atoms with Crippen molar-refractivity contribution in [3.63, 3.8) is 0 Å². The lowest BCUT2D eigenvalue weighted by molar-refractivity contribution is -0.142. The summed E-state index contributed by atoms with van der Waals surface area (Å²) in [6.45, 7) is -0.327. The molecule has 3 aromatic rings. The smallest absolute Gasteiger partial charge is 0.343 e. The van der Waals surface area contributed by atoms with Crippen LogP contribution in [0.15, 0.2) is 67.0 Å². The zero-order chi connectivity index (χ0) is 22.9. The first-order valence-electron chi connectivity index (χ1n) is 9.50. The van der Waals surface area contributed by atoms with E-state index in [1.165, 1.54) is 20.3 Å². The van der Waals surface area contributed by atoms with Crippen molar-refractivity contribution >= 4 is 29.2 Å². The van der Waals surface area contributed by atoms with Crippen molar-refractivity contribution in [3.05, 3.63) is 78.1 Å². The van der Waals surface area contributed by atoms with E-state index >= 15 is 0 Å². The molecule has 164 valence electrons. The van der Waals surface area contributed by atoms with Gasteiger partial charge in [-0.15, -0.1) is 0 Å². The third kappa shape index (κ3) is 5.82. The standard InChI is InChI=1S/C23H21N3O6/c1-30-19-7-6-16(13-20(19)32-14-21(27)31-2)23(29)26-18-5-3-4-15(12-18)22(28)25-17-8-10-24-11-9-17/h3-13H,14H2,1-2H3,(H,26,29)(H,24,25,28). The van der Waals surface area contributed by atoms with E-state index in [2.05, 4.69) is 20.4 Å². The average Bonchev–Trinajstić information content (AvgIpc) is 2.83. The number of hydrogen-bond donors (Lipinski definition) is 2. The number of carbonyl (C=O) groups excluding carboxylic acids is 3. The first-order chi connectivity index (χ1) is 15.5. The Labute approximate surface area is 184 Å². The topological polar surface area (TPSA) is 116 Å². The highest BCUT2D eigenvalue weighted by molar-refractivity contribution is 6.07. The number of benzene rings is 2. The molecule has 0 aliphatic rings. The monoisotopic (exact) mass is 435 g/mol. The molecule has 0 atom stereocenters. The summed E-state index contributed by atoms with van der Waals surface area (Å²) in [6.07, 6.45) is 3.15. The molecule has 0 aliphatic heterocycles. The number of methoxy groups -OCH3 is 2. The highest BCUT2D eigenvalue weighted by atomic mass is 16.6. The first kappa shape index (κ1) is 22.3. The number of nitrogens with zero attached hydrogens (tertiary/aromatic N) is 1. The minimum Gasteiger partial charge on any atom is -0.493 e. The molecule has 2 aromatic carbocycles. The summed E-state index contributed by atoms with van der Waals surface area (Å²) in [7, 11) is 2.70. The molecule has 0 saturated heterocycles. The quantitative estimate of drug-likeness (QED) is 0.522. The molecule has 0 radical (unpaired) electrons. The summed E-state index contributed by atoms with van der Waals surface area (Å²) in [6, 6.07) is 14.4. The molecule has 9 nitrogen and oxygen atoms in total. The fourth-order valence-electron chi connectivity index (χ4n) is 2.71.